The molecule has 1 N–H and O–H groups in total. The molecule has 0 amide bonds. The predicted octanol–water partition coefficient (Wildman–Crippen LogP) is 5.18. The molecule has 0 fully saturated rings. The van der Waals surface area contributed by atoms with E-state index in [2.05, 4.69) is 32.0 Å². The van der Waals surface area contributed by atoms with Crippen molar-refractivity contribution in [1.29, 1.82) is 0 Å². The summed E-state index contributed by atoms with van der Waals surface area (Å²) < 4.78 is 5.25. The summed E-state index contributed by atoms with van der Waals surface area (Å²) in [5.74, 6) is -0.905. The van der Waals surface area contributed by atoms with Gasteiger partial charge in [0.25, 0.3) is 0 Å². The number of carboxylic acid groups (broad SMARTS) is 1. The number of carbonyl (C=O) groups is 2. The molecule has 2 aromatic carbocycles. The highest BCUT2D eigenvalue weighted by Gasteiger charge is 2.50. The summed E-state index contributed by atoms with van der Waals surface area (Å²) in [6.07, 6.45) is 4.92. The maximum absolute atomic E-state index is 12.3. The van der Waals surface area contributed by atoms with Crippen LogP contribution in [-0.4, -0.2) is 23.7 Å². The van der Waals surface area contributed by atoms with Gasteiger partial charge < -0.3 is 9.84 Å². The van der Waals surface area contributed by atoms with E-state index in [0.29, 0.717) is 6.61 Å². The maximum atomic E-state index is 12.3. The number of esters is 1. The monoisotopic (exact) mass is 388 g/mol. The van der Waals surface area contributed by atoms with Gasteiger partial charge in [0.05, 0.1) is 12.2 Å². The Kier molecular flexibility index (Phi) is 4.65. The van der Waals surface area contributed by atoms with Crippen molar-refractivity contribution in [3.8, 4) is 0 Å². The first kappa shape index (κ1) is 19.2. The van der Waals surface area contributed by atoms with E-state index in [0.717, 1.165) is 34.3 Å². The summed E-state index contributed by atoms with van der Waals surface area (Å²) >= 11 is 0. The number of hydrogen-bond acceptors (Lipinski definition) is 3. The SMILES string of the molecule is CCOC(=O)C1=C2c3cc(/C=C/c4ccc(C(=O)O)cc4)ccc3C(C)(C)CC12. The van der Waals surface area contributed by atoms with E-state index in [9.17, 15) is 9.59 Å². The normalized spacial score (nSPS) is 18.9. The van der Waals surface area contributed by atoms with Crippen LogP contribution in [0.25, 0.3) is 17.7 Å². The van der Waals surface area contributed by atoms with E-state index >= 15 is 0 Å². The lowest BCUT2D eigenvalue weighted by Gasteiger charge is -2.32. The second-order valence-corrected chi connectivity index (χ2v) is 8.25. The zero-order valence-electron chi connectivity index (χ0n) is 16.9. The van der Waals surface area contributed by atoms with E-state index in [-0.39, 0.29) is 22.9 Å². The number of aromatic carboxylic acids is 1. The average molecular weight is 388 g/mol. The highest BCUT2D eigenvalue weighted by Crippen LogP contribution is 2.59. The van der Waals surface area contributed by atoms with Crippen LogP contribution in [0.5, 0.6) is 0 Å². The Morgan fingerprint density at radius 2 is 1.76 bits per heavy atom. The zero-order valence-corrected chi connectivity index (χ0v) is 16.9. The first-order chi connectivity index (χ1) is 13.8. The molecule has 0 saturated heterocycles. The van der Waals surface area contributed by atoms with Crippen LogP contribution < -0.4 is 0 Å². The van der Waals surface area contributed by atoms with Gasteiger partial charge in [-0.05, 0) is 64.8 Å². The Morgan fingerprint density at radius 1 is 1.10 bits per heavy atom. The molecule has 0 bridgehead atoms. The van der Waals surface area contributed by atoms with Crippen LogP contribution in [0.4, 0.5) is 0 Å². The van der Waals surface area contributed by atoms with Gasteiger partial charge in [0.2, 0.25) is 0 Å². The molecule has 1 unspecified atom stereocenters. The lowest BCUT2D eigenvalue weighted by atomic mass is 9.72. The molecule has 1 atom stereocenters. The number of carboxylic acids is 1. The second kappa shape index (κ2) is 7.03. The maximum Gasteiger partial charge on any atom is 0.335 e. The lowest BCUT2D eigenvalue weighted by molar-refractivity contribution is -0.138. The van der Waals surface area contributed by atoms with Crippen molar-refractivity contribution in [2.24, 2.45) is 5.92 Å². The Balaban J connectivity index is 1.65. The van der Waals surface area contributed by atoms with Crippen LogP contribution in [0.1, 0.15) is 59.8 Å². The van der Waals surface area contributed by atoms with E-state index in [1.165, 1.54) is 5.56 Å². The Hall–Kier alpha value is -3.14. The molecule has 2 aliphatic carbocycles. The Bertz CT molecular complexity index is 1050. The van der Waals surface area contributed by atoms with Crippen molar-refractivity contribution in [3.05, 3.63) is 75.9 Å². The van der Waals surface area contributed by atoms with E-state index in [1.54, 1.807) is 24.3 Å². The van der Waals surface area contributed by atoms with Gasteiger partial charge in [-0.25, -0.2) is 9.59 Å². The summed E-state index contributed by atoms with van der Waals surface area (Å²) in [5, 5.41) is 9.01. The minimum atomic E-state index is -0.928. The van der Waals surface area contributed by atoms with Crippen LogP contribution in [0.15, 0.2) is 48.0 Å². The number of fused-ring (bicyclic) bond motifs is 3. The number of benzene rings is 2. The Labute approximate surface area is 170 Å². The highest BCUT2D eigenvalue weighted by atomic mass is 16.5. The third kappa shape index (κ3) is 3.51. The molecule has 0 aliphatic heterocycles. The molecule has 0 heterocycles. The van der Waals surface area contributed by atoms with Gasteiger partial charge in [-0.2, -0.15) is 0 Å². The minimum Gasteiger partial charge on any atom is -0.478 e. The highest BCUT2D eigenvalue weighted by molar-refractivity contribution is 6.11. The fourth-order valence-electron chi connectivity index (χ4n) is 4.30. The third-order valence-electron chi connectivity index (χ3n) is 5.80. The summed E-state index contributed by atoms with van der Waals surface area (Å²) in [5.41, 5.74) is 6.66. The summed E-state index contributed by atoms with van der Waals surface area (Å²) in [6.45, 7) is 6.67. The van der Waals surface area contributed by atoms with Gasteiger partial charge in [-0.3, -0.25) is 0 Å². The molecule has 0 spiro atoms. The fraction of sp³-hybridized carbons (Fsp3) is 0.280. The van der Waals surface area contributed by atoms with Crippen LogP contribution in [0.3, 0.4) is 0 Å². The van der Waals surface area contributed by atoms with Crippen molar-refractivity contribution >= 4 is 29.7 Å². The van der Waals surface area contributed by atoms with Gasteiger partial charge >= 0.3 is 11.9 Å². The molecule has 0 aromatic heterocycles. The number of hydrogen-bond donors (Lipinski definition) is 1. The smallest absolute Gasteiger partial charge is 0.335 e. The summed E-state index contributed by atoms with van der Waals surface area (Å²) in [6, 6.07) is 13.2. The van der Waals surface area contributed by atoms with Gasteiger partial charge in [-0.1, -0.05) is 50.3 Å². The van der Waals surface area contributed by atoms with Crippen molar-refractivity contribution in [2.45, 2.75) is 32.6 Å². The summed E-state index contributed by atoms with van der Waals surface area (Å²) in [7, 11) is 0. The van der Waals surface area contributed by atoms with Gasteiger partial charge in [0.15, 0.2) is 0 Å². The van der Waals surface area contributed by atoms with Crippen LogP contribution in [-0.2, 0) is 14.9 Å². The molecular weight excluding hydrogens is 364 g/mol. The molecule has 4 rings (SSSR count). The van der Waals surface area contributed by atoms with E-state index < -0.39 is 5.97 Å². The predicted molar refractivity (Wildman–Crippen MR) is 113 cm³/mol. The second-order valence-electron chi connectivity index (χ2n) is 8.25. The zero-order chi connectivity index (χ0) is 20.8. The molecule has 0 saturated carbocycles. The third-order valence-corrected chi connectivity index (χ3v) is 5.80. The first-order valence-electron chi connectivity index (χ1n) is 9.89. The number of carbonyl (C=O) groups excluding carboxylic acids is 1. The molecular formula is C25H24O4. The largest absolute Gasteiger partial charge is 0.478 e. The number of ether oxygens (including phenoxy) is 1. The van der Waals surface area contributed by atoms with E-state index in [1.807, 2.05) is 19.1 Å². The summed E-state index contributed by atoms with van der Waals surface area (Å²) in [4.78, 5) is 23.3. The fourth-order valence-corrected chi connectivity index (χ4v) is 4.30. The topological polar surface area (TPSA) is 63.6 Å². The first-order valence-corrected chi connectivity index (χ1v) is 9.89. The average Bonchev–Trinajstić information content (AvgIpc) is 3.40. The van der Waals surface area contributed by atoms with Crippen LogP contribution >= 0.6 is 0 Å². The van der Waals surface area contributed by atoms with Gasteiger partial charge in [0.1, 0.15) is 0 Å². The molecule has 0 radical (unpaired) electrons. The van der Waals surface area contributed by atoms with Crippen molar-refractivity contribution in [2.75, 3.05) is 6.61 Å². The molecule has 2 aromatic rings. The Morgan fingerprint density at radius 3 is 2.41 bits per heavy atom. The minimum absolute atomic E-state index is 0.00660. The van der Waals surface area contributed by atoms with E-state index in [4.69, 9.17) is 9.84 Å². The molecule has 4 nitrogen and oxygen atoms in total. The van der Waals surface area contributed by atoms with Gasteiger partial charge in [0, 0.05) is 11.5 Å². The van der Waals surface area contributed by atoms with Gasteiger partial charge in [-0.15, -0.1) is 0 Å². The van der Waals surface area contributed by atoms with Crippen molar-refractivity contribution in [1.82, 2.24) is 0 Å². The number of rotatable bonds is 5. The molecule has 2 aliphatic rings. The molecule has 29 heavy (non-hydrogen) atoms. The quantitative estimate of drug-likeness (QED) is 0.566. The molecule has 148 valence electrons. The molecule has 4 heteroatoms. The van der Waals surface area contributed by atoms with Crippen LogP contribution in [0.2, 0.25) is 0 Å². The standard InChI is InChI=1S/C25H24O4/c1-4-29-24(28)22-19-14-25(2,3)20-12-9-16(13-18(20)21(19)22)6-5-15-7-10-17(11-8-15)23(26)27/h5-13,19H,4,14H2,1-3H3,(H,26,27)/b6-5+. The van der Waals surface area contributed by atoms with Crippen molar-refractivity contribution in [3.63, 3.8) is 0 Å². The van der Waals surface area contributed by atoms with Crippen LogP contribution in [0, 0.1) is 5.92 Å². The van der Waals surface area contributed by atoms with Crippen molar-refractivity contribution < 1.29 is 19.4 Å². The lowest BCUT2D eigenvalue weighted by Crippen LogP contribution is -2.24. The number of allylic oxidation sites excluding steroid dienone is 1.